The summed E-state index contributed by atoms with van der Waals surface area (Å²) in [4.78, 5) is 0. The molecule has 0 amide bonds. The second kappa shape index (κ2) is 9.33. The van der Waals surface area contributed by atoms with Crippen LogP contribution in [0.15, 0.2) is 0 Å². The van der Waals surface area contributed by atoms with Crippen LogP contribution >= 0.6 is 33.2 Å². The normalized spacial score (nSPS) is 17.2. The highest BCUT2D eigenvalue weighted by Gasteiger charge is 2.96. The maximum absolute atomic E-state index is 13.6. The van der Waals surface area contributed by atoms with E-state index in [0.29, 0.717) is 0 Å². The van der Waals surface area contributed by atoms with E-state index in [1.54, 1.807) is 0 Å². The van der Waals surface area contributed by atoms with Crippen molar-refractivity contribution in [2.24, 2.45) is 0 Å². The summed E-state index contributed by atoms with van der Waals surface area (Å²) >= 11 is 13.0. The molecule has 0 bridgehead atoms. The zero-order valence-electron chi connectivity index (χ0n) is 15.8. The second-order valence-electron chi connectivity index (χ2n) is 6.75. The highest BCUT2D eigenvalue weighted by Crippen LogP contribution is 2.65. The molecule has 0 saturated carbocycles. The van der Waals surface area contributed by atoms with Crippen LogP contribution in [0.25, 0.3) is 0 Å². The van der Waals surface area contributed by atoms with Gasteiger partial charge in [0.2, 0.25) is 0 Å². The lowest BCUT2D eigenvalue weighted by Gasteiger charge is -2.44. The van der Waals surface area contributed by atoms with E-state index in [0.717, 1.165) is 6.92 Å². The van der Waals surface area contributed by atoms with Gasteiger partial charge in [-0.3, -0.25) is 0 Å². The minimum atomic E-state index is -8.64. The van der Waals surface area contributed by atoms with Gasteiger partial charge in [0.15, 0.2) is 6.17 Å². The molecule has 0 spiro atoms. The Morgan fingerprint density at radius 3 is 1.15 bits per heavy atom. The number of hydrogen-bond acceptors (Lipinski definition) is 0. The third-order valence-corrected chi connectivity index (χ3v) is 7.51. The molecule has 0 aromatic carbocycles. The van der Waals surface area contributed by atoms with Gasteiger partial charge < -0.3 is 0 Å². The molecule has 0 rings (SSSR count). The van der Waals surface area contributed by atoms with Gasteiger partial charge in [-0.05, 0) is 6.42 Å². The van der Waals surface area contributed by atoms with Crippen molar-refractivity contribution >= 4 is 39.2 Å². The fourth-order valence-corrected chi connectivity index (χ4v) is 3.72. The molecule has 0 nitrogen and oxygen atoms in total. The van der Waals surface area contributed by atoms with Gasteiger partial charge in [0.05, 0.1) is 0 Å². The quantitative estimate of drug-likeness (QED) is 0.116. The van der Waals surface area contributed by atoms with Crippen molar-refractivity contribution in [2.75, 3.05) is 0 Å². The standard InChI is InChI=1S/C13H10Cl3F17Si/c1-2-3-4-5(17)6(18,19)7(20,21)8(22,23)9(24,25)10(26,27)11(28,29)12(30,31)13(32,33)34(14,15)16/h5H,2-4H2,1H3. The summed E-state index contributed by atoms with van der Waals surface area (Å²) in [7, 11) is 0. The second-order valence-corrected chi connectivity index (χ2v) is 15.2. The Labute approximate surface area is 193 Å². The van der Waals surface area contributed by atoms with E-state index >= 15 is 0 Å². The summed E-state index contributed by atoms with van der Waals surface area (Å²) in [6.07, 6.45) is -7.23. The van der Waals surface area contributed by atoms with Crippen molar-refractivity contribution in [1.29, 1.82) is 0 Å². The fraction of sp³-hybridized carbons (Fsp3) is 1.00. The Morgan fingerprint density at radius 1 is 0.559 bits per heavy atom. The Hall–Kier alpha value is -0.103. The molecule has 34 heavy (non-hydrogen) atoms. The van der Waals surface area contributed by atoms with Gasteiger partial charge in [0.25, 0.3) is 0 Å². The average molecular weight is 624 g/mol. The smallest absolute Gasteiger partial charge is 0.241 e. The molecular formula is C13H10Cl3F17Si. The zero-order chi connectivity index (χ0) is 28.2. The molecule has 0 radical (unpaired) electrons. The van der Waals surface area contributed by atoms with Crippen LogP contribution < -0.4 is 0 Å². The third kappa shape index (κ3) is 4.54. The summed E-state index contributed by atoms with van der Waals surface area (Å²) in [6.45, 7) is 1.12. The van der Waals surface area contributed by atoms with E-state index in [9.17, 15) is 74.6 Å². The molecule has 0 aliphatic heterocycles. The van der Waals surface area contributed by atoms with Crippen molar-refractivity contribution in [3.63, 3.8) is 0 Å². The van der Waals surface area contributed by atoms with Crippen molar-refractivity contribution < 1.29 is 74.6 Å². The van der Waals surface area contributed by atoms with Crippen LogP contribution in [0.5, 0.6) is 0 Å². The molecule has 0 saturated heterocycles. The molecule has 21 heteroatoms. The van der Waals surface area contributed by atoms with Crippen LogP contribution in [0, 0.1) is 0 Å². The molecule has 0 aliphatic carbocycles. The Bertz CT molecular complexity index is 718. The van der Waals surface area contributed by atoms with Crippen LogP contribution in [0.1, 0.15) is 26.2 Å². The molecule has 0 aromatic heterocycles. The molecular weight excluding hydrogens is 614 g/mol. The van der Waals surface area contributed by atoms with E-state index < -0.39 is 72.0 Å². The Kier molecular flexibility index (Phi) is 9.30. The first kappa shape index (κ1) is 33.9. The topological polar surface area (TPSA) is 0 Å². The van der Waals surface area contributed by atoms with Gasteiger partial charge in [-0.1, -0.05) is 19.8 Å². The summed E-state index contributed by atoms with van der Waals surface area (Å²) in [5.41, 5.74) is -6.93. The van der Waals surface area contributed by atoms with Crippen LogP contribution in [-0.2, 0) is 0 Å². The van der Waals surface area contributed by atoms with Crippen LogP contribution in [0.3, 0.4) is 0 Å². The van der Waals surface area contributed by atoms with Crippen LogP contribution in [-0.4, -0.2) is 59.2 Å². The number of unbranched alkanes of at least 4 members (excludes halogenated alkanes) is 1. The Morgan fingerprint density at radius 2 is 0.853 bits per heavy atom. The van der Waals surface area contributed by atoms with E-state index in [2.05, 4.69) is 33.2 Å². The van der Waals surface area contributed by atoms with E-state index in [-0.39, 0.29) is 6.42 Å². The van der Waals surface area contributed by atoms with Crippen molar-refractivity contribution in [2.45, 2.75) is 79.4 Å². The molecule has 0 N–H and O–H groups in total. The van der Waals surface area contributed by atoms with Crippen molar-refractivity contribution in [3.8, 4) is 0 Å². The molecule has 0 aliphatic rings. The first-order valence-electron chi connectivity index (χ1n) is 8.21. The largest absolute Gasteiger partial charge is 0.424 e. The first-order chi connectivity index (χ1) is 14.5. The SMILES string of the molecule is CCCCC(F)C(F)(F)C(F)(F)C(F)(F)C(F)(F)C(F)(F)C(F)(F)C(F)(F)C(F)(F)[Si](Cl)(Cl)Cl. The maximum atomic E-state index is 13.6. The molecule has 0 aromatic rings. The van der Waals surface area contributed by atoms with Gasteiger partial charge >= 0.3 is 53.0 Å². The highest BCUT2D eigenvalue weighted by molar-refractivity contribution is 7.65. The fourth-order valence-electron chi connectivity index (χ4n) is 2.13. The maximum Gasteiger partial charge on any atom is 0.424 e. The number of alkyl halides is 17. The summed E-state index contributed by atoms with van der Waals surface area (Å²) in [5, 5.41) is 0. The highest BCUT2D eigenvalue weighted by atomic mass is 35.8. The molecule has 206 valence electrons. The lowest BCUT2D eigenvalue weighted by Crippen LogP contribution is -2.76. The van der Waals surface area contributed by atoms with Gasteiger partial charge in [0.1, 0.15) is 0 Å². The minimum Gasteiger partial charge on any atom is -0.241 e. The lowest BCUT2D eigenvalue weighted by atomic mass is 9.87. The molecule has 0 fully saturated rings. The van der Waals surface area contributed by atoms with Gasteiger partial charge in [0, 0.05) is 0 Å². The number of rotatable bonds is 12. The summed E-state index contributed by atoms with van der Waals surface area (Å²) in [5.74, 6) is -57.0. The van der Waals surface area contributed by atoms with Gasteiger partial charge in [-0.25, -0.2) is 4.39 Å². The predicted molar refractivity (Wildman–Crippen MR) is 87.3 cm³/mol. The van der Waals surface area contributed by atoms with E-state index in [1.165, 1.54) is 0 Å². The summed E-state index contributed by atoms with van der Waals surface area (Å²) < 4.78 is 231. The number of halogens is 20. The van der Waals surface area contributed by atoms with Crippen LogP contribution in [0.4, 0.5) is 74.6 Å². The summed E-state index contributed by atoms with van der Waals surface area (Å²) in [6, 6.07) is -6.64. The van der Waals surface area contributed by atoms with Gasteiger partial charge in [-0.2, -0.15) is 70.2 Å². The first-order valence-corrected chi connectivity index (χ1v) is 13.2. The van der Waals surface area contributed by atoms with Crippen molar-refractivity contribution in [1.82, 2.24) is 0 Å². The zero-order valence-corrected chi connectivity index (χ0v) is 19.0. The number of hydrogen-bond donors (Lipinski definition) is 0. The minimum absolute atomic E-state index is 0.269. The molecule has 0 heterocycles. The predicted octanol–water partition coefficient (Wildman–Crippen LogP) is 8.79. The van der Waals surface area contributed by atoms with E-state index in [4.69, 9.17) is 0 Å². The van der Waals surface area contributed by atoms with Crippen molar-refractivity contribution in [3.05, 3.63) is 0 Å². The molecule has 1 unspecified atom stereocenters. The third-order valence-electron chi connectivity index (χ3n) is 4.35. The Balaban J connectivity index is 6.83. The van der Waals surface area contributed by atoms with Crippen LogP contribution in [0.2, 0.25) is 0 Å². The molecule has 1 atom stereocenters. The van der Waals surface area contributed by atoms with E-state index in [1.807, 2.05) is 0 Å². The van der Waals surface area contributed by atoms with Gasteiger partial charge in [-0.15, -0.1) is 33.2 Å². The monoisotopic (exact) mass is 622 g/mol. The lowest BCUT2D eigenvalue weighted by molar-refractivity contribution is -0.451. The average Bonchev–Trinajstić information content (AvgIpc) is 2.63.